The molecule has 1 saturated heterocycles. The second-order valence-corrected chi connectivity index (χ2v) is 8.55. The number of ether oxygens (including phenoxy) is 2. The van der Waals surface area contributed by atoms with E-state index in [0.717, 1.165) is 10.5 Å². The molecule has 0 saturated carbocycles. The van der Waals surface area contributed by atoms with Crippen LogP contribution >= 0.6 is 0 Å². The van der Waals surface area contributed by atoms with Gasteiger partial charge in [-0.2, -0.15) is 0 Å². The van der Waals surface area contributed by atoms with Crippen LogP contribution in [0.3, 0.4) is 0 Å². The van der Waals surface area contributed by atoms with E-state index in [2.05, 4.69) is 20.7 Å². The summed E-state index contributed by atoms with van der Waals surface area (Å²) in [4.78, 5) is 64.7. The van der Waals surface area contributed by atoms with Crippen LogP contribution in [0.1, 0.15) is 39.0 Å². The molecule has 3 rings (SSSR count). The third-order valence-corrected chi connectivity index (χ3v) is 5.77. The lowest BCUT2D eigenvalue weighted by atomic mass is 10.0. The molecule has 11 heteroatoms. The number of alkyl carbamates (subject to hydrolysis) is 1. The highest BCUT2D eigenvalue weighted by molar-refractivity contribution is 5.94. The highest BCUT2D eigenvalue weighted by Gasteiger charge is 2.37. The van der Waals surface area contributed by atoms with E-state index in [1.54, 1.807) is 54.6 Å². The van der Waals surface area contributed by atoms with Gasteiger partial charge in [-0.05, 0) is 30.8 Å². The lowest BCUT2D eigenvalue weighted by molar-refractivity contribution is -0.145. The molecule has 3 atom stereocenters. The van der Waals surface area contributed by atoms with E-state index >= 15 is 0 Å². The van der Waals surface area contributed by atoms with Crippen molar-refractivity contribution in [3.63, 3.8) is 0 Å². The van der Waals surface area contributed by atoms with E-state index in [4.69, 9.17) is 13.0 Å². The van der Waals surface area contributed by atoms with Gasteiger partial charge in [0.05, 0.1) is 9.30 Å². The van der Waals surface area contributed by atoms with E-state index in [-0.39, 0.29) is 26.0 Å². The normalized spacial score (nSPS) is 19.9. The molecule has 1 fully saturated rings. The number of nitrogens with one attached hydrogen (secondary N) is 3. The van der Waals surface area contributed by atoms with E-state index < -0.39 is 74.8 Å². The molecule has 3 N–H and O–H groups in total. The SMILES string of the molecule is [2H][C@@H]1C[C@@H](C(=O)NCC(=O)OC([2H])([2H])C([2H])([2H])[2H])N(C(=O)[C@H](Cc2ccccc2)NC(=O)CNC(=O)OCc2ccccc2)C1. The van der Waals surface area contributed by atoms with Crippen molar-refractivity contribution in [1.82, 2.24) is 20.9 Å². The lowest BCUT2D eigenvalue weighted by Gasteiger charge is -2.29. The fraction of sp³-hybridized carbons (Fsp3) is 0.393. The van der Waals surface area contributed by atoms with Gasteiger partial charge in [0, 0.05) is 18.4 Å². The topological polar surface area (TPSA) is 143 Å². The number of amides is 4. The summed E-state index contributed by atoms with van der Waals surface area (Å²) in [6, 6.07) is 15.2. The van der Waals surface area contributed by atoms with Crippen LogP contribution < -0.4 is 16.0 Å². The summed E-state index contributed by atoms with van der Waals surface area (Å²) < 4.78 is 53.7. The molecular weight excluding hydrogens is 504 g/mol. The van der Waals surface area contributed by atoms with Crippen molar-refractivity contribution in [3.05, 3.63) is 71.8 Å². The number of benzene rings is 2. The summed E-state index contributed by atoms with van der Waals surface area (Å²) >= 11 is 0. The molecule has 2 aromatic carbocycles. The number of hydrogen-bond acceptors (Lipinski definition) is 7. The Bertz CT molecular complexity index is 1350. The van der Waals surface area contributed by atoms with Crippen molar-refractivity contribution >= 4 is 29.8 Å². The van der Waals surface area contributed by atoms with Crippen LogP contribution in [0.4, 0.5) is 4.79 Å². The quantitative estimate of drug-likeness (QED) is 0.342. The maximum Gasteiger partial charge on any atom is 0.407 e. The van der Waals surface area contributed by atoms with Gasteiger partial charge in [0.2, 0.25) is 17.7 Å². The zero-order valence-corrected chi connectivity index (χ0v) is 21.1. The first-order chi connectivity index (χ1) is 21.2. The number of carbonyl (C=O) groups excluding carboxylic acids is 5. The van der Waals surface area contributed by atoms with Gasteiger partial charge in [0.25, 0.3) is 0 Å². The molecule has 0 aliphatic carbocycles. The molecule has 208 valence electrons. The maximum atomic E-state index is 13.7. The minimum absolute atomic E-state index is 0.0135. The summed E-state index contributed by atoms with van der Waals surface area (Å²) in [5, 5.41) is 7.09. The summed E-state index contributed by atoms with van der Waals surface area (Å²) in [7, 11) is 0. The van der Waals surface area contributed by atoms with Crippen LogP contribution in [0.2, 0.25) is 0 Å². The molecule has 1 heterocycles. The van der Waals surface area contributed by atoms with Gasteiger partial charge >= 0.3 is 12.1 Å². The first kappa shape index (κ1) is 21.5. The first-order valence-corrected chi connectivity index (χ1v) is 12.2. The van der Waals surface area contributed by atoms with Crippen molar-refractivity contribution in [2.75, 3.05) is 26.2 Å². The van der Waals surface area contributed by atoms with Crippen LogP contribution in [0.15, 0.2) is 60.7 Å². The average molecular weight is 545 g/mol. The number of rotatable bonds is 12. The number of nitrogens with zero attached hydrogens (tertiary/aromatic N) is 1. The van der Waals surface area contributed by atoms with Gasteiger partial charge in [0.1, 0.15) is 31.8 Å². The Kier molecular flexibility index (Phi) is 8.34. The molecule has 1 aliphatic rings. The summed E-state index contributed by atoms with van der Waals surface area (Å²) in [6.07, 6.45) is -1.79. The number of esters is 1. The van der Waals surface area contributed by atoms with Crippen molar-refractivity contribution in [2.24, 2.45) is 0 Å². The zero-order chi connectivity index (χ0) is 33.2. The Labute approximate surface area is 235 Å². The number of hydrogen-bond donors (Lipinski definition) is 3. The standard InChI is InChI=1S/C28H34N4O7/c1-2-38-25(34)18-29-26(35)23-14-9-15-32(23)27(36)22(16-20-10-5-3-6-11-20)31-24(33)17-30-28(37)39-19-21-12-7-4-8-13-21/h3-8,10-13,22-23H,2,9,14-19H2,1H3,(H,29,35)(H,30,37)(H,31,33)/t22-,23-/m0/s1/i1D3,2D2,9D/t9-,22+,23+/m1. The zero-order valence-electron chi connectivity index (χ0n) is 27.1. The molecule has 0 bridgehead atoms. The molecule has 39 heavy (non-hydrogen) atoms. The van der Waals surface area contributed by atoms with Crippen molar-refractivity contribution in [1.29, 1.82) is 0 Å². The smallest absolute Gasteiger partial charge is 0.407 e. The van der Waals surface area contributed by atoms with E-state index in [1.165, 1.54) is 0 Å². The molecule has 0 aromatic heterocycles. The lowest BCUT2D eigenvalue weighted by Crippen LogP contribution is -2.55. The van der Waals surface area contributed by atoms with Crippen LogP contribution in [-0.2, 0) is 41.7 Å². The predicted octanol–water partition coefficient (Wildman–Crippen LogP) is 1.31. The second kappa shape index (κ2) is 15.1. The van der Waals surface area contributed by atoms with Crippen LogP contribution in [0, 0.1) is 0 Å². The Morgan fingerprint density at radius 3 is 2.38 bits per heavy atom. The molecular formula is C28H34N4O7. The van der Waals surface area contributed by atoms with Crippen molar-refractivity contribution < 1.29 is 41.7 Å². The molecule has 0 spiro atoms. The molecule has 0 unspecified atom stereocenters. The third kappa shape index (κ3) is 9.44. The number of carbonyl (C=O) groups is 5. The van der Waals surface area contributed by atoms with Crippen LogP contribution in [-0.4, -0.2) is 73.0 Å². The van der Waals surface area contributed by atoms with Crippen LogP contribution in [0.5, 0.6) is 0 Å². The van der Waals surface area contributed by atoms with Crippen molar-refractivity contribution in [2.45, 2.75) is 44.8 Å². The van der Waals surface area contributed by atoms with E-state index in [1.807, 2.05) is 6.07 Å². The van der Waals surface area contributed by atoms with Crippen molar-refractivity contribution in [3.8, 4) is 0 Å². The second-order valence-electron chi connectivity index (χ2n) is 8.55. The van der Waals surface area contributed by atoms with Gasteiger partial charge in [-0.1, -0.05) is 60.7 Å². The third-order valence-electron chi connectivity index (χ3n) is 5.77. The monoisotopic (exact) mass is 544 g/mol. The first-order valence-electron chi connectivity index (χ1n) is 15.2. The molecule has 0 radical (unpaired) electrons. The Morgan fingerprint density at radius 2 is 1.69 bits per heavy atom. The number of likely N-dealkylation sites (tertiary alicyclic amines) is 1. The van der Waals surface area contributed by atoms with Gasteiger partial charge in [-0.15, -0.1) is 0 Å². The van der Waals surface area contributed by atoms with Gasteiger partial charge in [-0.3, -0.25) is 19.2 Å². The summed E-state index contributed by atoms with van der Waals surface area (Å²) in [5.74, 6) is -3.60. The maximum absolute atomic E-state index is 13.7. The Hall–Kier alpha value is -4.41. The average Bonchev–Trinajstić information content (AvgIpc) is 3.39. The Balaban J connectivity index is 1.63. The summed E-state index contributed by atoms with van der Waals surface area (Å²) in [5.41, 5.74) is 1.43. The van der Waals surface area contributed by atoms with Crippen LogP contribution in [0.25, 0.3) is 0 Å². The molecule has 4 amide bonds. The highest BCUT2D eigenvalue weighted by atomic mass is 16.5. The summed E-state index contributed by atoms with van der Waals surface area (Å²) in [6.45, 7) is -8.10. The molecule has 11 nitrogen and oxygen atoms in total. The van der Waals surface area contributed by atoms with Gasteiger partial charge < -0.3 is 30.3 Å². The molecule has 1 aliphatic heterocycles. The minimum Gasteiger partial charge on any atom is -0.465 e. The Morgan fingerprint density at radius 1 is 1.00 bits per heavy atom. The largest absolute Gasteiger partial charge is 0.465 e. The van der Waals surface area contributed by atoms with Gasteiger partial charge in [-0.25, -0.2) is 4.79 Å². The van der Waals surface area contributed by atoms with E-state index in [0.29, 0.717) is 5.56 Å². The molecule has 2 aromatic rings. The fourth-order valence-electron chi connectivity index (χ4n) is 3.91. The predicted molar refractivity (Wildman–Crippen MR) is 141 cm³/mol. The van der Waals surface area contributed by atoms with Gasteiger partial charge in [0.15, 0.2) is 0 Å². The van der Waals surface area contributed by atoms with E-state index in [9.17, 15) is 24.0 Å². The minimum atomic E-state index is -3.28. The fourth-order valence-corrected chi connectivity index (χ4v) is 3.91. The highest BCUT2D eigenvalue weighted by Crippen LogP contribution is 2.20.